The van der Waals surface area contributed by atoms with Crippen molar-refractivity contribution >= 4 is 11.6 Å². The van der Waals surface area contributed by atoms with Gasteiger partial charge in [-0.3, -0.25) is 0 Å². The maximum Gasteiger partial charge on any atom is 0.323 e. The highest BCUT2D eigenvalue weighted by molar-refractivity contribution is 6.28. The summed E-state index contributed by atoms with van der Waals surface area (Å²) in [7, 11) is 0. The van der Waals surface area contributed by atoms with Gasteiger partial charge < -0.3 is 9.47 Å². The Balaban J connectivity index is 1.96. The third kappa shape index (κ3) is 4.06. The maximum absolute atomic E-state index is 5.80. The molecule has 1 aliphatic carbocycles. The van der Waals surface area contributed by atoms with Gasteiger partial charge in [-0.25, -0.2) is 0 Å². The van der Waals surface area contributed by atoms with Crippen molar-refractivity contribution < 1.29 is 9.47 Å². The van der Waals surface area contributed by atoms with Crippen LogP contribution in [0.4, 0.5) is 0 Å². The van der Waals surface area contributed by atoms with E-state index in [2.05, 4.69) is 34.0 Å². The molecule has 1 aromatic rings. The maximum atomic E-state index is 5.80. The molecule has 1 heterocycles. The molecule has 0 aromatic carbocycles. The molecule has 6 heteroatoms. The average Bonchev–Trinajstić information content (AvgIpc) is 2.37. The molecule has 0 spiro atoms. The van der Waals surface area contributed by atoms with Gasteiger partial charge in [0.1, 0.15) is 0 Å². The van der Waals surface area contributed by atoms with E-state index in [-0.39, 0.29) is 17.3 Å². The van der Waals surface area contributed by atoms with Crippen LogP contribution in [0.2, 0.25) is 5.28 Å². The van der Waals surface area contributed by atoms with Gasteiger partial charge in [-0.05, 0) is 43.2 Å². The minimum atomic E-state index is 0.0880. The van der Waals surface area contributed by atoms with Crippen molar-refractivity contribution in [1.82, 2.24) is 15.0 Å². The fourth-order valence-electron chi connectivity index (χ4n) is 1.99. The largest absolute Gasteiger partial charge is 0.464 e. The predicted molar refractivity (Wildman–Crippen MR) is 72.5 cm³/mol. The van der Waals surface area contributed by atoms with Crippen LogP contribution in [-0.4, -0.2) is 28.2 Å². The molecule has 0 aliphatic heterocycles. The van der Waals surface area contributed by atoms with Gasteiger partial charge in [0.05, 0.1) is 13.2 Å². The standard InChI is InChI=1S/C13H18ClN3O2/c1-3-18-12-15-11(14)16-13(17-12)19-8-10-7-5-4-6-9(10)2/h4-5,9-10H,3,6-8H2,1-2H3. The number of hydrogen-bond donors (Lipinski definition) is 0. The summed E-state index contributed by atoms with van der Waals surface area (Å²) >= 11 is 5.80. The predicted octanol–water partition coefficient (Wildman–Crippen LogP) is 2.90. The second-order valence-electron chi connectivity index (χ2n) is 4.59. The Morgan fingerprint density at radius 1 is 1.16 bits per heavy atom. The topological polar surface area (TPSA) is 57.1 Å². The first-order chi connectivity index (χ1) is 9.19. The Morgan fingerprint density at radius 2 is 1.84 bits per heavy atom. The molecular formula is C13H18ClN3O2. The minimum Gasteiger partial charge on any atom is -0.464 e. The van der Waals surface area contributed by atoms with E-state index in [1.165, 1.54) is 0 Å². The Labute approximate surface area is 118 Å². The number of nitrogens with zero attached hydrogens (tertiary/aromatic N) is 3. The second-order valence-corrected chi connectivity index (χ2v) is 4.93. The van der Waals surface area contributed by atoms with Crippen molar-refractivity contribution in [2.75, 3.05) is 13.2 Å². The van der Waals surface area contributed by atoms with E-state index >= 15 is 0 Å². The molecule has 0 bridgehead atoms. The molecule has 104 valence electrons. The third-order valence-electron chi connectivity index (χ3n) is 3.19. The Kier molecular flexibility index (Phi) is 4.96. The monoisotopic (exact) mass is 283 g/mol. The fourth-order valence-corrected chi connectivity index (χ4v) is 2.14. The molecule has 0 saturated heterocycles. The first-order valence-corrected chi connectivity index (χ1v) is 6.89. The van der Waals surface area contributed by atoms with Crippen LogP contribution < -0.4 is 9.47 Å². The molecule has 2 rings (SSSR count). The molecular weight excluding hydrogens is 266 g/mol. The molecule has 0 radical (unpaired) electrons. The number of allylic oxidation sites excluding steroid dienone is 2. The van der Waals surface area contributed by atoms with Crippen LogP contribution >= 0.6 is 11.6 Å². The number of hydrogen-bond acceptors (Lipinski definition) is 5. The van der Waals surface area contributed by atoms with E-state index in [9.17, 15) is 0 Å². The van der Waals surface area contributed by atoms with Gasteiger partial charge in [-0.2, -0.15) is 9.97 Å². The average molecular weight is 284 g/mol. The van der Waals surface area contributed by atoms with Crippen LogP contribution in [0.5, 0.6) is 12.0 Å². The molecule has 5 nitrogen and oxygen atoms in total. The normalized spacial score (nSPS) is 22.3. The quantitative estimate of drug-likeness (QED) is 0.778. The van der Waals surface area contributed by atoms with Crippen LogP contribution in [-0.2, 0) is 0 Å². The van der Waals surface area contributed by atoms with Crippen molar-refractivity contribution in [2.45, 2.75) is 26.7 Å². The second kappa shape index (κ2) is 6.70. The lowest BCUT2D eigenvalue weighted by atomic mass is 9.85. The van der Waals surface area contributed by atoms with Crippen LogP contribution in [0.15, 0.2) is 12.2 Å². The lowest BCUT2D eigenvalue weighted by Crippen LogP contribution is -2.21. The molecule has 2 unspecified atom stereocenters. The van der Waals surface area contributed by atoms with Gasteiger partial charge >= 0.3 is 12.0 Å². The summed E-state index contributed by atoms with van der Waals surface area (Å²) < 4.78 is 10.8. The zero-order valence-corrected chi connectivity index (χ0v) is 11.9. The highest BCUT2D eigenvalue weighted by Gasteiger charge is 2.19. The number of aromatic nitrogens is 3. The summed E-state index contributed by atoms with van der Waals surface area (Å²) in [5, 5.41) is 0.0880. The fraction of sp³-hybridized carbons (Fsp3) is 0.615. The van der Waals surface area contributed by atoms with Gasteiger partial charge in [-0.1, -0.05) is 19.1 Å². The van der Waals surface area contributed by atoms with E-state index < -0.39 is 0 Å². The lowest BCUT2D eigenvalue weighted by molar-refractivity contribution is 0.183. The number of rotatable bonds is 5. The van der Waals surface area contributed by atoms with Gasteiger partial charge in [0.2, 0.25) is 5.28 Å². The molecule has 1 aliphatic rings. The summed E-state index contributed by atoms with van der Waals surface area (Å²) in [5.41, 5.74) is 0. The summed E-state index contributed by atoms with van der Waals surface area (Å²) in [6.45, 7) is 5.14. The zero-order chi connectivity index (χ0) is 13.7. The highest BCUT2D eigenvalue weighted by Crippen LogP contribution is 2.25. The van der Waals surface area contributed by atoms with Gasteiger partial charge in [0.25, 0.3) is 0 Å². The summed E-state index contributed by atoms with van der Waals surface area (Å²) in [5.74, 6) is 1.09. The van der Waals surface area contributed by atoms with Crippen molar-refractivity contribution in [3.05, 3.63) is 17.4 Å². The Bertz CT molecular complexity index is 454. The lowest BCUT2D eigenvalue weighted by Gasteiger charge is -2.24. The number of ether oxygens (including phenoxy) is 2. The first-order valence-electron chi connectivity index (χ1n) is 6.51. The Morgan fingerprint density at radius 3 is 2.53 bits per heavy atom. The Hall–Kier alpha value is -1.36. The molecule has 0 N–H and O–H groups in total. The third-order valence-corrected chi connectivity index (χ3v) is 3.35. The van der Waals surface area contributed by atoms with Gasteiger partial charge in [-0.15, -0.1) is 4.98 Å². The smallest absolute Gasteiger partial charge is 0.323 e. The molecule has 1 aromatic heterocycles. The van der Waals surface area contributed by atoms with Gasteiger partial charge in [0, 0.05) is 0 Å². The first kappa shape index (κ1) is 14.1. The summed E-state index contributed by atoms with van der Waals surface area (Å²) in [4.78, 5) is 11.9. The molecule has 0 saturated carbocycles. The van der Waals surface area contributed by atoms with Crippen molar-refractivity contribution in [3.8, 4) is 12.0 Å². The van der Waals surface area contributed by atoms with E-state index in [0.717, 1.165) is 12.8 Å². The highest BCUT2D eigenvalue weighted by atomic mass is 35.5. The summed E-state index contributed by atoms with van der Waals surface area (Å²) in [6, 6.07) is 0.430. The molecule has 0 amide bonds. The van der Waals surface area contributed by atoms with E-state index in [0.29, 0.717) is 25.0 Å². The van der Waals surface area contributed by atoms with Crippen molar-refractivity contribution in [1.29, 1.82) is 0 Å². The van der Waals surface area contributed by atoms with Crippen molar-refractivity contribution in [2.24, 2.45) is 11.8 Å². The van der Waals surface area contributed by atoms with E-state index in [1.54, 1.807) is 0 Å². The zero-order valence-electron chi connectivity index (χ0n) is 11.2. The molecule has 2 atom stereocenters. The van der Waals surface area contributed by atoms with Crippen LogP contribution in [0.3, 0.4) is 0 Å². The molecule has 19 heavy (non-hydrogen) atoms. The van der Waals surface area contributed by atoms with Gasteiger partial charge in [0.15, 0.2) is 0 Å². The summed E-state index contributed by atoms with van der Waals surface area (Å²) in [6.07, 6.45) is 6.53. The SMILES string of the molecule is CCOc1nc(Cl)nc(OCC2CC=CCC2C)n1. The van der Waals surface area contributed by atoms with Crippen LogP contribution in [0.25, 0.3) is 0 Å². The van der Waals surface area contributed by atoms with Crippen LogP contribution in [0, 0.1) is 11.8 Å². The van der Waals surface area contributed by atoms with E-state index in [1.807, 2.05) is 6.92 Å². The molecule has 0 fully saturated rings. The van der Waals surface area contributed by atoms with Crippen molar-refractivity contribution in [3.63, 3.8) is 0 Å². The van der Waals surface area contributed by atoms with Crippen LogP contribution in [0.1, 0.15) is 26.7 Å². The van der Waals surface area contributed by atoms with E-state index in [4.69, 9.17) is 21.1 Å². The minimum absolute atomic E-state index is 0.0880. The number of halogens is 1.